The second-order valence-electron chi connectivity index (χ2n) is 6.68. The number of nitriles is 1. The Kier molecular flexibility index (Phi) is 4.41. The minimum Gasteiger partial charge on any atom is -0.356 e. The van der Waals surface area contributed by atoms with Crippen LogP contribution in [0.3, 0.4) is 0 Å². The van der Waals surface area contributed by atoms with Gasteiger partial charge < -0.3 is 9.80 Å². The van der Waals surface area contributed by atoms with Crippen LogP contribution in [0.25, 0.3) is 0 Å². The monoisotopic (exact) mass is 352 g/mol. The number of piperidine rings is 1. The summed E-state index contributed by atoms with van der Waals surface area (Å²) in [5.74, 6) is 1.16. The van der Waals surface area contributed by atoms with Gasteiger partial charge in [-0.15, -0.1) is 11.3 Å². The molecule has 6 heteroatoms. The van der Waals surface area contributed by atoms with Gasteiger partial charge in [0.25, 0.3) is 0 Å². The van der Waals surface area contributed by atoms with E-state index in [-0.39, 0.29) is 11.8 Å². The van der Waals surface area contributed by atoms with Gasteiger partial charge in [-0.3, -0.25) is 4.79 Å². The summed E-state index contributed by atoms with van der Waals surface area (Å²) in [6.07, 6.45) is 4.52. The molecule has 2 aromatic heterocycles. The lowest BCUT2D eigenvalue weighted by atomic mass is 9.95. The van der Waals surface area contributed by atoms with Gasteiger partial charge in [-0.2, -0.15) is 5.26 Å². The standard InChI is InChI=1S/C19H20N4OS/c20-10-14-3-4-18(21-11-14)22-7-1-2-16(13-22)19(24)23-8-5-17-15(12-23)6-9-25-17/h3-4,6,9,11,16H,1-2,5,7-8,12-13H2. The first kappa shape index (κ1) is 16.1. The van der Waals surface area contributed by atoms with Crippen molar-refractivity contribution in [1.29, 1.82) is 5.26 Å². The molecule has 4 heterocycles. The van der Waals surface area contributed by atoms with Crippen molar-refractivity contribution in [2.75, 3.05) is 24.5 Å². The van der Waals surface area contributed by atoms with Crippen molar-refractivity contribution in [1.82, 2.24) is 9.88 Å². The molecule has 5 nitrogen and oxygen atoms in total. The Bertz CT molecular complexity index is 808. The van der Waals surface area contributed by atoms with E-state index < -0.39 is 0 Å². The Hall–Kier alpha value is -2.39. The zero-order valence-corrected chi connectivity index (χ0v) is 14.8. The molecule has 0 radical (unpaired) electrons. The number of fused-ring (bicyclic) bond motifs is 1. The van der Waals surface area contributed by atoms with E-state index in [0.717, 1.165) is 44.7 Å². The van der Waals surface area contributed by atoms with Crippen LogP contribution in [0, 0.1) is 17.2 Å². The predicted molar refractivity (Wildman–Crippen MR) is 97.3 cm³/mol. The number of carbonyl (C=O) groups is 1. The molecular weight excluding hydrogens is 332 g/mol. The van der Waals surface area contributed by atoms with Crippen LogP contribution in [0.2, 0.25) is 0 Å². The molecule has 2 aliphatic heterocycles. The number of rotatable bonds is 2. The Labute approximate surface area is 151 Å². The summed E-state index contributed by atoms with van der Waals surface area (Å²) in [6, 6.07) is 7.91. The quantitative estimate of drug-likeness (QED) is 0.834. The minimum atomic E-state index is 0.0337. The van der Waals surface area contributed by atoms with E-state index >= 15 is 0 Å². The fraction of sp³-hybridized carbons (Fsp3) is 0.421. The average Bonchev–Trinajstić information content (AvgIpc) is 3.15. The summed E-state index contributed by atoms with van der Waals surface area (Å²) in [5, 5.41) is 11.0. The normalized spacial score (nSPS) is 20.0. The van der Waals surface area contributed by atoms with Crippen molar-refractivity contribution in [3.63, 3.8) is 0 Å². The molecule has 1 amide bonds. The maximum absolute atomic E-state index is 13.0. The number of hydrogen-bond donors (Lipinski definition) is 0. The van der Waals surface area contributed by atoms with Crippen molar-refractivity contribution >= 4 is 23.1 Å². The summed E-state index contributed by atoms with van der Waals surface area (Å²) >= 11 is 1.80. The molecule has 0 spiro atoms. The first-order valence-electron chi connectivity index (χ1n) is 8.70. The highest BCUT2D eigenvalue weighted by Gasteiger charge is 2.31. The van der Waals surface area contributed by atoms with Gasteiger partial charge in [-0.1, -0.05) is 0 Å². The van der Waals surface area contributed by atoms with Crippen molar-refractivity contribution < 1.29 is 4.79 Å². The van der Waals surface area contributed by atoms with E-state index in [0.29, 0.717) is 12.1 Å². The number of carbonyl (C=O) groups excluding carboxylic acids is 1. The van der Waals surface area contributed by atoms with Crippen molar-refractivity contribution in [2.24, 2.45) is 5.92 Å². The van der Waals surface area contributed by atoms with E-state index in [4.69, 9.17) is 5.26 Å². The van der Waals surface area contributed by atoms with Gasteiger partial charge in [-0.25, -0.2) is 4.98 Å². The van der Waals surface area contributed by atoms with E-state index in [9.17, 15) is 4.79 Å². The Morgan fingerprint density at radius 2 is 2.24 bits per heavy atom. The predicted octanol–water partition coefficient (Wildman–Crippen LogP) is 2.82. The summed E-state index contributed by atoms with van der Waals surface area (Å²) in [4.78, 5) is 23.0. The number of thiophene rings is 1. The van der Waals surface area contributed by atoms with Crippen LogP contribution in [0.1, 0.15) is 28.8 Å². The second-order valence-corrected chi connectivity index (χ2v) is 7.68. The van der Waals surface area contributed by atoms with Crippen LogP contribution in [0.5, 0.6) is 0 Å². The molecule has 2 aliphatic rings. The zero-order chi connectivity index (χ0) is 17.2. The van der Waals surface area contributed by atoms with Crippen molar-refractivity contribution in [2.45, 2.75) is 25.8 Å². The SMILES string of the molecule is N#Cc1ccc(N2CCCC(C(=O)N3CCc4sccc4C3)C2)nc1. The largest absolute Gasteiger partial charge is 0.356 e. The molecule has 128 valence electrons. The zero-order valence-electron chi connectivity index (χ0n) is 14.0. The average molecular weight is 352 g/mol. The molecule has 0 aliphatic carbocycles. The van der Waals surface area contributed by atoms with Gasteiger partial charge in [0, 0.05) is 37.3 Å². The van der Waals surface area contributed by atoms with E-state index in [1.165, 1.54) is 10.4 Å². The first-order valence-corrected chi connectivity index (χ1v) is 9.57. The third-order valence-electron chi connectivity index (χ3n) is 5.09. The molecule has 1 saturated heterocycles. The van der Waals surface area contributed by atoms with Crippen LogP contribution in [-0.4, -0.2) is 35.4 Å². The Morgan fingerprint density at radius 1 is 1.32 bits per heavy atom. The first-order chi connectivity index (χ1) is 12.2. The maximum Gasteiger partial charge on any atom is 0.227 e. The molecule has 1 fully saturated rings. The molecule has 4 rings (SSSR count). The smallest absolute Gasteiger partial charge is 0.227 e. The van der Waals surface area contributed by atoms with E-state index in [2.05, 4.69) is 27.4 Å². The highest BCUT2D eigenvalue weighted by Crippen LogP contribution is 2.28. The molecular formula is C19H20N4OS. The lowest BCUT2D eigenvalue weighted by Gasteiger charge is -2.36. The highest BCUT2D eigenvalue weighted by molar-refractivity contribution is 7.10. The van der Waals surface area contributed by atoms with E-state index in [1.54, 1.807) is 23.6 Å². The van der Waals surface area contributed by atoms with Gasteiger partial charge in [-0.05, 0) is 48.4 Å². The molecule has 0 saturated carbocycles. The molecule has 25 heavy (non-hydrogen) atoms. The van der Waals surface area contributed by atoms with Gasteiger partial charge >= 0.3 is 0 Å². The Morgan fingerprint density at radius 3 is 3.04 bits per heavy atom. The molecule has 1 atom stereocenters. The second kappa shape index (κ2) is 6.85. The van der Waals surface area contributed by atoms with Crippen LogP contribution < -0.4 is 4.90 Å². The van der Waals surface area contributed by atoms with Gasteiger partial charge in [0.2, 0.25) is 5.91 Å². The molecule has 0 N–H and O–H groups in total. The third kappa shape index (κ3) is 3.24. The summed E-state index contributed by atoms with van der Waals surface area (Å²) in [6.45, 7) is 3.21. The van der Waals surface area contributed by atoms with Crippen LogP contribution in [0.15, 0.2) is 29.8 Å². The number of aromatic nitrogens is 1. The minimum absolute atomic E-state index is 0.0337. The summed E-state index contributed by atoms with van der Waals surface area (Å²) in [5.41, 5.74) is 1.87. The number of amides is 1. The van der Waals surface area contributed by atoms with Gasteiger partial charge in [0.05, 0.1) is 11.5 Å². The lowest BCUT2D eigenvalue weighted by molar-refractivity contribution is -0.136. The van der Waals surface area contributed by atoms with Crippen LogP contribution in [0.4, 0.5) is 5.82 Å². The lowest BCUT2D eigenvalue weighted by Crippen LogP contribution is -2.46. The fourth-order valence-electron chi connectivity index (χ4n) is 3.72. The van der Waals surface area contributed by atoms with E-state index in [1.807, 2.05) is 11.0 Å². The van der Waals surface area contributed by atoms with Crippen molar-refractivity contribution in [3.8, 4) is 6.07 Å². The van der Waals surface area contributed by atoms with Crippen molar-refractivity contribution in [3.05, 3.63) is 45.8 Å². The third-order valence-corrected chi connectivity index (χ3v) is 6.11. The fourth-order valence-corrected chi connectivity index (χ4v) is 4.61. The number of pyridine rings is 1. The van der Waals surface area contributed by atoms with Crippen LogP contribution in [-0.2, 0) is 17.8 Å². The highest BCUT2D eigenvalue weighted by atomic mass is 32.1. The number of nitrogens with zero attached hydrogens (tertiary/aromatic N) is 4. The van der Waals surface area contributed by atoms with Crippen LogP contribution >= 0.6 is 11.3 Å². The van der Waals surface area contributed by atoms with Gasteiger partial charge in [0.15, 0.2) is 0 Å². The summed E-state index contributed by atoms with van der Waals surface area (Å²) in [7, 11) is 0. The maximum atomic E-state index is 13.0. The van der Waals surface area contributed by atoms with Gasteiger partial charge in [0.1, 0.15) is 11.9 Å². The topological polar surface area (TPSA) is 60.2 Å². The summed E-state index contributed by atoms with van der Waals surface area (Å²) < 4.78 is 0. The molecule has 1 unspecified atom stereocenters. The molecule has 0 bridgehead atoms. The number of hydrogen-bond acceptors (Lipinski definition) is 5. The number of anilines is 1. The Balaban J connectivity index is 1.44. The molecule has 0 aromatic carbocycles. The molecule has 2 aromatic rings.